The molecule has 22 heavy (non-hydrogen) atoms. The molecule has 1 heterocycles. The minimum Gasteiger partial charge on any atom is -0.338 e. The van der Waals surface area contributed by atoms with Crippen molar-refractivity contribution in [2.24, 2.45) is 0 Å². The zero-order chi connectivity index (χ0) is 15.5. The topological polar surface area (TPSA) is 44.4 Å². The fourth-order valence-corrected chi connectivity index (χ4v) is 2.90. The lowest BCUT2D eigenvalue weighted by atomic mass is 10.2. The maximum atomic E-state index is 11.7. The molecule has 0 bridgehead atoms. The number of unbranched alkanes of at least 4 members (excludes halogenated alkanes) is 2. The summed E-state index contributed by atoms with van der Waals surface area (Å²) < 4.78 is 0. The molecule has 2 amide bonds. The average molecular weight is 303 g/mol. The number of hydrogen-bond acceptors (Lipinski definition) is 2. The number of amides is 2. The van der Waals surface area contributed by atoms with Crippen molar-refractivity contribution in [2.45, 2.75) is 44.9 Å². The van der Waals surface area contributed by atoms with E-state index in [1.165, 1.54) is 58.2 Å². The second-order valence-corrected chi connectivity index (χ2v) is 6.06. The number of carbonyl (C=O) groups is 1. The van der Waals surface area contributed by atoms with Crippen LogP contribution in [0.3, 0.4) is 0 Å². The first-order valence-electron chi connectivity index (χ1n) is 8.67. The lowest BCUT2D eigenvalue weighted by Crippen LogP contribution is -2.29. The zero-order valence-corrected chi connectivity index (χ0v) is 13.5. The van der Waals surface area contributed by atoms with Gasteiger partial charge in [-0.2, -0.15) is 0 Å². The van der Waals surface area contributed by atoms with E-state index in [1.54, 1.807) is 0 Å². The quantitative estimate of drug-likeness (QED) is 0.751. The number of anilines is 1. The summed E-state index contributed by atoms with van der Waals surface area (Å²) >= 11 is 0. The molecule has 1 fully saturated rings. The Kier molecular flexibility index (Phi) is 7.81. The van der Waals surface area contributed by atoms with Crippen molar-refractivity contribution in [3.8, 4) is 0 Å². The summed E-state index contributed by atoms with van der Waals surface area (Å²) in [6.45, 7) is 4.52. The number of para-hydroxylation sites is 1. The van der Waals surface area contributed by atoms with E-state index in [9.17, 15) is 4.79 Å². The van der Waals surface area contributed by atoms with Crippen LogP contribution in [0.4, 0.5) is 10.5 Å². The van der Waals surface area contributed by atoms with E-state index in [-0.39, 0.29) is 6.03 Å². The van der Waals surface area contributed by atoms with Gasteiger partial charge in [-0.05, 0) is 57.5 Å². The highest BCUT2D eigenvalue weighted by Crippen LogP contribution is 2.10. The van der Waals surface area contributed by atoms with Crippen LogP contribution in [0, 0.1) is 0 Å². The molecule has 122 valence electrons. The minimum absolute atomic E-state index is 0.112. The molecule has 1 saturated heterocycles. The smallest absolute Gasteiger partial charge is 0.319 e. The summed E-state index contributed by atoms with van der Waals surface area (Å²) in [5.74, 6) is 0. The Morgan fingerprint density at radius 2 is 1.68 bits per heavy atom. The molecule has 0 aromatic heterocycles. The predicted molar refractivity (Wildman–Crippen MR) is 92.2 cm³/mol. The van der Waals surface area contributed by atoms with Crippen LogP contribution in [0.25, 0.3) is 0 Å². The summed E-state index contributed by atoms with van der Waals surface area (Å²) in [7, 11) is 0. The van der Waals surface area contributed by atoms with Gasteiger partial charge in [-0.3, -0.25) is 0 Å². The van der Waals surface area contributed by atoms with Crippen molar-refractivity contribution in [3.05, 3.63) is 30.3 Å². The molecule has 4 nitrogen and oxygen atoms in total. The molecular formula is C18H29N3O. The number of nitrogens with one attached hydrogen (secondary N) is 2. The fourth-order valence-electron chi connectivity index (χ4n) is 2.90. The van der Waals surface area contributed by atoms with E-state index in [0.29, 0.717) is 0 Å². The number of rotatable bonds is 7. The van der Waals surface area contributed by atoms with Gasteiger partial charge in [0.1, 0.15) is 0 Å². The average Bonchev–Trinajstić information content (AvgIpc) is 2.80. The number of carbonyl (C=O) groups excluding carboxylic acids is 1. The Bertz CT molecular complexity index is 414. The lowest BCUT2D eigenvalue weighted by Gasteiger charge is -2.19. The molecule has 4 heteroatoms. The summed E-state index contributed by atoms with van der Waals surface area (Å²) in [5.41, 5.74) is 0.834. The normalized spacial score (nSPS) is 16.0. The predicted octanol–water partition coefficient (Wildman–Crippen LogP) is 3.85. The molecule has 0 atom stereocenters. The third-order valence-corrected chi connectivity index (χ3v) is 4.17. The van der Waals surface area contributed by atoms with Gasteiger partial charge >= 0.3 is 6.03 Å². The Morgan fingerprint density at radius 1 is 0.955 bits per heavy atom. The largest absolute Gasteiger partial charge is 0.338 e. The molecule has 2 rings (SSSR count). The second kappa shape index (κ2) is 10.2. The number of nitrogens with zero attached hydrogens (tertiary/aromatic N) is 1. The Labute approximate surface area is 134 Å². The highest BCUT2D eigenvalue weighted by atomic mass is 16.2. The van der Waals surface area contributed by atoms with Crippen LogP contribution in [0.15, 0.2) is 30.3 Å². The molecular weight excluding hydrogens is 274 g/mol. The van der Waals surface area contributed by atoms with Gasteiger partial charge in [-0.1, -0.05) is 37.5 Å². The first-order chi connectivity index (χ1) is 10.8. The molecule has 0 saturated carbocycles. The van der Waals surface area contributed by atoms with E-state index in [2.05, 4.69) is 15.5 Å². The van der Waals surface area contributed by atoms with Crippen molar-refractivity contribution >= 4 is 11.7 Å². The van der Waals surface area contributed by atoms with Crippen LogP contribution < -0.4 is 10.6 Å². The number of benzene rings is 1. The van der Waals surface area contributed by atoms with Gasteiger partial charge in [0.2, 0.25) is 0 Å². The van der Waals surface area contributed by atoms with Crippen molar-refractivity contribution in [2.75, 3.05) is 31.5 Å². The lowest BCUT2D eigenvalue weighted by molar-refractivity contribution is 0.251. The Morgan fingerprint density at radius 3 is 2.41 bits per heavy atom. The Hall–Kier alpha value is -1.55. The Balaban J connectivity index is 1.47. The molecule has 0 radical (unpaired) electrons. The zero-order valence-electron chi connectivity index (χ0n) is 13.5. The first kappa shape index (κ1) is 16.8. The molecule has 1 aromatic carbocycles. The van der Waals surface area contributed by atoms with E-state index in [4.69, 9.17) is 0 Å². The standard InChI is InChI=1S/C18H29N3O/c22-18(20-17-11-5-3-6-12-17)19-13-7-4-10-16-21-14-8-1-2-9-15-21/h3,5-6,11-12H,1-2,4,7-10,13-16H2,(H2,19,20,22). The van der Waals surface area contributed by atoms with Crippen molar-refractivity contribution in [1.82, 2.24) is 10.2 Å². The van der Waals surface area contributed by atoms with E-state index >= 15 is 0 Å². The third-order valence-electron chi connectivity index (χ3n) is 4.17. The number of urea groups is 1. The van der Waals surface area contributed by atoms with Crippen LogP contribution in [0.1, 0.15) is 44.9 Å². The van der Waals surface area contributed by atoms with Crippen LogP contribution in [-0.4, -0.2) is 37.1 Å². The molecule has 0 spiro atoms. The summed E-state index contributed by atoms with van der Waals surface area (Å²) in [4.78, 5) is 14.3. The van der Waals surface area contributed by atoms with Gasteiger partial charge in [0, 0.05) is 12.2 Å². The summed E-state index contributed by atoms with van der Waals surface area (Å²) in [5, 5.41) is 5.75. The van der Waals surface area contributed by atoms with Gasteiger partial charge in [0.05, 0.1) is 0 Å². The fraction of sp³-hybridized carbons (Fsp3) is 0.611. The maximum absolute atomic E-state index is 11.7. The number of hydrogen-bond donors (Lipinski definition) is 2. The van der Waals surface area contributed by atoms with Crippen molar-refractivity contribution in [1.29, 1.82) is 0 Å². The number of likely N-dealkylation sites (tertiary alicyclic amines) is 1. The van der Waals surface area contributed by atoms with Crippen LogP contribution in [0.2, 0.25) is 0 Å². The summed E-state index contributed by atoms with van der Waals surface area (Å²) in [6.07, 6.45) is 9.00. The third kappa shape index (κ3) is 6.94. The highest BCUT2D eigenvalue weighted by molar-refractivity contribution is 5.89. The molecule has 1 aromatic rings. The minimum atomic E-state index is -0.112. The van der Waals surface area contributed by atoms with Gasteiger partial charge in [0.25, 0.3) is 0 Å². The van der Waals surface area contributed by atoms with Crippen LogP contribution in [0.5, 0.6) is 0 Å². The highest BCUT2D eigenvalue weighted by Gasteiger charge is 2.07. The second-order valence-electron chi connectivity index (χ2n) is 6.06. The van der Waals surface area contributed by atoms with Crippen molar-refractivity contribution < 1.29 is 4.79 Å². The van der Waals surface area contributed by atoms with Crippen LogP contribution >= 0.6 is 0 Å². The molecule has 1 aliphatic heterocycles. The first-order valence-corrected chi connectivity index (χ1v) is 8.67. The maximum Gasteiger partial charge on any atom is 0.319 e. The SMILES string of the molecule is O=C(NCCCCCN1CCCCCC1)Nc1ccccc1. The van der Waals surface area contributed by atoms with Gasteiger partial charge < -0.3 is 15.5 Å². The summed E-state index contributed by atoms with van der Waals surface area (Å²) in [6, 6.07) is 9.44. The van der Waals surface area contributed by atoms with Gasteiger partial charge in [-0.15, -0.1) is 0 Å². The monoisotopic (exact) mass is 303 g/mol. The van der Waals surface area contributed by atoms with Crippen LogP contribution in [-0.2, 0) is 0 Å². The van der Waals surface area contributed by atoms with E-state index in [0.717, 1.165) is 18.7 Å². The molecule has 0 unspecified atom stereocenters. The van der Waals surface area contributed by atoms with Gasteiger partial charge in [0.15, 0.2) is 0 Å². The van der Waals surface area contributed by atoms with Gasteiger partial charge in [-0.25, -0.2) is 4.79 Å². The van der Waals surface area contributed by atoms with E-state index < -0.39 is 0 Å². The molecule has 2 N–H and O–H groups in total. The van der Waals surface area contributed by atoms with Crippen molar-refractivity contribution in [3.63, 3.8) is 0 Å². The van der Waals surface area contributed by atoms with E-state index in [1.807, 2.05) is 30.3 Å². The molecule has 0 aliphatic carbocycles. The molecule has 1 aliphatic rings.